The van der Waals surface area contributed by atoms with Crippen LogP contribution in [-0.2, 0) is 4.84 Å². The van der Waals surface area contributed by atoms with Crippen molar-refractivity contribution in [3.05, 3.63) is 6.61 Å². The van der Waals surface area contributed by atoms with Gasteiger partial charge in [0.05, 0.1) is 0 Å². The van der Waals surface area contributed by atoms with Gasteiger partial charge in [0.25, 0.3) is 0 Å². The van der Waals surface area contributed by atoms with Crippen molar-refractivity contribution in [2.75, 3.05) is 13.1 Å². The van der Waals surface area contributed by atoms with Crippen LogP contribution in [0.1, 0.15) is 26.2 Å². The Hall–Kier alpha value is -0.0800. The third-order valence-electron chi connectivity index (χ3n) is 1.57. The van der Waals surface area contributed by atoms with E-state index in [4.69, 9.17) is 4.84 Å². The summed E-state index contributed by atoms with van der Waals surface area (Å²) in [5.41, 5.74) is 0. The van der Waals surface area contributed by atoms with Gasteiger partial charge in [-0.05, 0) is 19.8 Å². The lowest BCUT2D eigenvalue weighted by molar-refractivity contribution is -0.135. The highest BCUT2D eigenvalue weighted by atomic mass is 16.7. The average molecular weight is 128 g/mol. The lowest BCUT2D eigenvalue weighted by Gasteiger charge is -2.24. The minimum absolute atomic E-state index is 1.10. The SMILES string of the molecule is C[CH]ON1CCCCC1. The Morgan fingerprint density at radius 3 is 2.44 bits per heavy atom. The minimum Gasteiger partial charge on any atom is -0.293 e. The lowest BCUT2D eigenvalue weighted by atomic mass is 10.2. The molecule has 9 heavy (non-hydrogen) atoms. The molecule has 2 heteroatoms. The van der Waals surface area contributed by atoms with Gasteiger partial charge in [0.15, 0.2) is 0 Å². The van der Waals surface area contributed by atoms with Crippen LogP contribution in [0.25, 0.3) is 0 Å². The zero-order valence-electron chi connectivity index (χ0n) is 5.97. The van der Waals surface area contributed by atoms with Crippen molar-refractivity contribution in [1.82, 2.24) is 5.06 Å². The summed E-state index contributed by atoms with van der Waals surface area (Å²) in [6.07, 6.45) is 3.94. The smallest absolute Gasteiger partial charge is 0.104 e. The topological polar surface area (TPSA) is 12.5 Å². The number of hydrogen-bond acceptors (Lipinski definition) is 2. The lowest BCUT2D eigenvalue weighted by Crippen LogP contribution is -2.28. The van der Waals surface area contributed by atoms with E-state index in [0.717, 1.165) is 13.1 Å². The first-order chi connectivity index (χ1) is 4.43. The summed E-state index contributed by atoms with van der Waals surface area (Å²) in [7, 11) is 0. The predicted molar refractivity (Wildman–Crippen MR) is 36.5 cm³/mol. The number of nitrogens with zero attached hydrogens (tertiary/aromatic N) is 1. The van der Waals surface area contributed by atoms with Crippen LogP contribution in [0.5, 0.6) is 0 Å². The maximum Gasteiger partial charge on any atom is 0.104 e. The highest BCUT2D eigenvalue weighted by molar-refractivity contribution is 4.56. The van der Waals surface area contributed by atoms with Gasteiger partial charge in [-0.25, -0.2) is 0 Å². The Kier molecular flexibility index (Phi) is 3.01. The maximum absolute atomic E-state index is 5.19. The number of rotatable bonds is 2. The average Bonchev–Trinajstić information content (AvgIpc) is 1.91. The molecule has 1 aliphatic heterocycles. The van der Waals surface area contributed by atoms with Gasteiger partial charge < -0.3 is 0 Å². The zero-order chi connectivity index (χ0) is 6.53. The van der Waals surface area contributed by atoms with Crippen molar-refractivity contribution >= 4 is 0 Å². The molecule has 1 saturated heterocycles. The van der Waals surface area contributed by atoms with E-state index in [1.807, 2.05) is 12.0 Å². The van der Waals surface area contributed by atoms with Crippen LogP contribution < -0.4 is 0 Å². The van der Waals surface area contributed by atoms with E-state index in [1.54, 1.807) is 6.61 Å². The molecule has 0 unspecified atom stereocenters. The van der Waals surface area contributed by atoms with E-state index in [0.29, 0.717) is 0 Å². The monoisotopic (exact) mass is 128 g/mol. The van der Waals surface area contributed by atoms with Crippen LogP contribution in [0.3, 0.4) is 0 Å². The number of hydroxylamine groups is 2. The van der Waals surface area contributed by atoms with Crippen molar-refractivity contribution < 1.29 is 4.84 Å². The summed E-state index contributed by atoms with van der Waals surface area (Å²) >= 11 is 0. The Morgan fingerprint density at radius 1 is 1.22 bits per heavy atom. The van der Waals surface area contributed by atoms with Crippen LogP contribution in [0, 0.1) is 6.61 Å². The van der Waals surface area contributed by atoms with Gasteiger partial charge in [-0.3, -0.25) is 4.84 Å². The van der Waals surface area contributed by atoms with Gasteiger partial charge in [-0.1, -0.05) is 6.42 Å². The second kappa shape index (κ2) is 3.85. The van der Waals surface area contributed by atoms with Gasteiger partial charge in [0, 0.05) is 13.1 Å². The molecular formula is C7H14NO. The second-order valence-corrected chi connectivity index (χ2v) is 2.33. The van der Waals surface area contributed by atoms with Gasteiger partial charge in [-0.15, -0.1) is 0 Å². The van der Waals surface area contributed by atoms with Gasteiger partial charge in [0.2, 0.25) is 0 Å². The molecule has 1 aliphatic rings. The van der Waals surface area contributed by atoms with E-state index in [2.05, 4.69) is 0 Å². The molecule has 1 fully saturated rings. The van der Waals surface area contributed by atoms with Crippen LogP contribution in [0.2, 0.25) is 0 Å². The van der Waals surface area contributed by atoms with Crippen molar-refractivity contribution in [3.63, 3.8) is 0 Å². The van der Waals surface area contributed by atoms with Crippen LogP contribution in [0.4, 0.5) is 0 Å². The zero-order valence-corrected chi connectivity index (χ0v) is 5.97. The summed E-state index contributed by atoms with van der Waals surface area (Å²) < 4.78 is 0. The molecule has 0 aromatic carbocycles. The molecule has 2 nitrogen and oxygen atoms in total. The Bertz CT molecular complexity index is 66.6. The first-order valence-electron chi connectivity index (χ1n) is 3.63. The molecule has 0 aliphatic carbocycles. The molecule has 53 valence electrons. The molecule has 0 aromatic heterocycles. The Balaban J connectivity index is 2.08. The molecule has 1 rings (SSSR count). The summed E-state index contributed by atoms with van der Waals surface area (Å²) in [5.74, 6) is 0. The van der Waals surface area contributed by atoms with E-state index >= 15 is 0 Å². The van der Waals surface area contributed by atoms with E-state index in [1.165, 1.54) is 19.3 Å². The summed E-state index contributed by atoms with van der Waals surface area (Å²) in [4.78, 5) is 5.19. The number of hydrogen-bond donors (Lipinski definition) is 0. The maximum atomic E-state index is 5.19. The van der Waals surface area contributed by atoms with Crippen LogP contribution >= 0.6 is 0 Å². The molecule has 0 spiro atoms. The van der Waals surface area contributed by atoms with Crippen LogP contribution in [0.15, 0.2) is 0 Å². The fourth-order valence-corrected chi connectivity index (χ4v) is 1.12. The van der Waals surface area contributed by atoms with Gasteiger partial charge in [-0.2, -0.15) is 5.06 Å². The van der Waals surface area contributed by atoms with Crippen molar-refractivity contribution in [2.45, 2.75) is 26.2 Å². The standard InChI is InChI=1S/C7H14NO/c1-2-9-8-6-4-3-5-7-8/h2H,3-7H2,1H3. The molecule has 0 amide bonds. The molecule has 0 N–H and O–H groups in total. The summed E-state index contributed by atoms with van der Waals surface area (Å²) in [5, 5.41) is 2.02. The quantitative estimate of drug-likeness (QED) is 0.560. The molecule has 0 saturated carbocycles. The molecule has 1 radical (unpaired) electrons. The first-order valence-corrected chi connectivity index (χ1v) is 3.63. The van der Waals surface area contributed by atoms with E-state index < -0.39 is 0 Å². The second-order valence-electron chi connectivity index (χ2n) is 2.33. The Labute approximate surface area is 56.8 Å². The Morgan fingerprint density at radius 2 is 1.89 bits per heavy atom. The normalized spacial score (nSPS) is 22.3. The molecule has 0 aromatic rings. The van der Waals surface area contributed by atoms with E-state index in [9.17, 15) is 0 Å². The predicted octanol–water partition coefficient (Wildman–Crippen LogP) is 1.59. The highest BCUT2D eigenvalue weighted by Gasteiger charge is 2.08. The van der Waals surface area contributed by atoms with Crippen molar-refractivity contribution in [3.8, 4) is 0 Å². The third-order valence-corrected chi connectivity index (χ3v) is 1.57. The van der Waals surface area contributed by atoms with Crippen LogP contribution in [-0.4, -0.2) is 18.2 Å². The van der Waals surface area contributed by atoms with Crippen molar-refractivity contribution in [2.24, 2.45) is 0 Å². The molecule has 1 heterocycles. The minimum atomic E-state index is 1.10. The molecule has 0 atom stereocenters. The molecular weight excluding hydrogens is 114 g/mol. The summed E-state index contributed by atoms with van der Waals surface area (Å²) in [6.45, 7) is 5.86. The fourth-order valence-electron chi connectivity index (χ4n) is 1.12. The fraction of sp³-hybridized carbons (Fsp3) is 0.857. The first kappa shape index (κ1) is 7.03. The van der Waals surface area contributed by atoms with Crippen molar-refractivity contribution in [1.29, 1.82) is 0 Å². The highest BCUT2D eigenvalue weighted by Crippen LogP contribution is 2.08. The van der Waals surface area contributed by atoms with Gasteiger partial charge in [0.1, 0.15) is 6.61 Å². The number of piperidine rings is 1. The third kappa shape index (κ3) is 2.33. The molecule has 0 bridgehead atoms. The summed E-state index contributed by atoms with van der Waals surface area (Å²) in [6, 6.07) is 0. The van der Waals surface area contributed by atoms with Gasteiger partial charge >= 0.3 is 0 Å². The largest absolute Gasteiger partial charge is 0.293 e. The van der Waals surface area contributed by atoms with E-state index in [-0.39, 0.29) is 0 Å².